The predicted octanol–water partition coefficient (Wildman–Crippen LogP) is 3.74. The van der Waals surface area contributed by atoms with Crippen molar-refractivity contribution in [2.24, 2.45) is 5.92 Å². The van der Waals surface area contributed by atoms with Crippen molar-refractivity contribution in [3.05, 3.63) is 0 Å². The van der Waals surface area contributed by atoms with E-state index in [0.717, 1.165) is 12.5 Å². The summed E-state index contributed by atoms with van der Waals surface area (Å²) in [6.45, 7) is 4.53. The molecule has 0 aliphatic heterocycles. The van der Waals surface area contributed by atoms with Crippen LogP contribution in [0.2, 0.25) is 0 Å². The second kappa shape index (κ2) is 8.28. The Labute approximate surface area is 89.7 Å². The van der Waals surface area contributed by atoms with Crippen molar-refractivity contribution in [1.82, 2.24) is 5.32 Å². The lowest BCUT2D eigenvalue weighted by Gasteiger charge is -2.21. The first-order valence-corrected chi connectivity index (χ1v) is 6.64. The van der Waals surface area contributed by atoms with E-state index < -0.39 is 0 Å². The molecule has 0 saturated heterocycles. The normalized spacial score (nSPS) is 18.6. The van der Waals surface area contributed by atoms with Crippen LogP contribution in [-0.2, 0) is 0 Å². The summed E-state index contributed by atoms with van der Waals surface area (Å²) < 4.78 is 0. The van der Waals surface area contributed by atoms with Gasteiger partial charge in [0.25, 0.3) is 0 Å². The molecule has 0 spiro atoms. The SMILES string of the molecule is CCNCCCCCC1CCCCC1. The lowest BCUT2D eigenvalue weighted by Crippen LogP contribution is -2.13. The van der Waals surface area contributed by atoms with Gasteiger partial charge in [-0.05, 0) is 25.4 Å². The largest absolute Gasteiger partial charge is 0.317 e. The summed E-state index contributed by atoms with van der Waals surface area (Å²) in [7, 11) is 0. The molecule has 0 heterocycles. The van der Waals surface area contributed by atoms with Gasteiger partial charge in [-0.3, -0.25) is 0 Å². The predicted molar refractivity (Wildman–Crippen MR) is 63.6 cm³/mol. The fourth-order valence-electron chi connectivity index (χ4n) is 2.51. The minimum atomic E-state index is 1.09. The van der Waals surface area contributed by atoms with Crippen LogP contribution in [0.3, 0.4) is 0 Å². The van der Waals surface area contributed by atoms with Gasteiger partial charge in [-0.2, -0.15) is 0 Å². The Morgan fingerprint density at radius 1 is 1.00 bits per heavy atom. The number of nitrogens with one attached hydrogen (secondary N) is 1. The molecule has 0 amide bonds. The van der Waals surface area contributed by atoms with Gasteiger partial charge in [0.05, 0.1) is 0 Å². The highest BCUT2D eigenvalue weighted by Crippen LogP contribution is 2.27. The molecule has 0 aromatic rings. The van der Waals surface area contributed by atoms with Gasteiger partial charge in [0.15, 0.2) is 0 Å². The second-order valence-corrected chi connectivity index (χ2v) is 4.71. The summed E-state index contributed by atoms with van der Waals surface area (Å²) in [4.78, 5) is 0. The molecule has 0 unspecified atom stereocenters. The molecule has 1 aliphatic carbocycles. The van der Waals surface area contributed by atoms with E-state index in [9.17, 15) is 0 Å². The van der Waals surface area contributed by atoms with Crippen LogP contribution in [0, 0.1) is 5.92 Å². The summed E-state index contributed by atoms with van der Waals surface area (Å²) in [6, 6.07) is 0. The molecule has 1 N–H and O–H groups in total. The van der Waals surface area contributed by atoms with Crippen molar-refractivity contribution in [3.63, 3.8) is 0 Å². The average Bonchev–Trinajstić information content (AvgIpc) is 2.25. The molecule has 84 valence electrons. The first-order chi connectivity index (χ1) is 6.93. The van der Waals surface area contributed by atoms with Gasteiger partial charge in [-0.15, -0.1) is 0 Å². The molecule has 14 heavy (non-hydrogen) atoms. The molecule has 0 bridgehead atoms. The molecule has 1 heteroatoms. The average molecular weight is 197 g/mol. The molecule has 0 atom stereocenters. The Morgan fingerprint density at radius 3 is 2.50 bits per heavy atom. The molecule has 0 radical (unpaired) electrons. The molecule has 1 nitrogen and oxygen atoms in total. The summed E-state index contributed by atoms with van der Waals surface area (Å²) in [5.74, 6) is 1.09. The lowest BCUT2D eigenvalue weighted by atomic mass is 9.86. The van der Waals surface area contributed by atoms with Gasteiger partial charge in [0.1, 0.15) is 0 Å². The van der Waals surface area contributed by atoms with Crippen LogP contribution in [0.25, 0.3) is 0 Å². The highest BCUT2D eigenvalue weighted by molar-refractivity contribution is 4.65. The van der Waals surface area contributed by atoms with Gasteiger partial charge >= 0.3 is 0 Å². The van der Waals surface area contributed by atoms with Gasteiger partial charge < -0.3 is 5.32 Å². The Balaban J connectivity index is 1.82. The highest BCUT2D eigenvalue weighted by Gasteiger charge is 2.12. The van der Waals surface area contributed by atoms with E-state index in [1.807, 2.05) is 0 Å². The third kappa shape index (κ3) is 5.64. The van der Waals surface area contributed by atoms with Crippen molar-refractivity contribution in [2.75, 3.05) is 13.1 Å². The standard InChI is InChI=1S/C13H27N/c1-2-14-12-8-4-7-11-13-9-5-3-6-10-13/h13-14H,2-12H2,1H3. The topological polar surface area (TPSA) is 12.0 Å². The maximum absolute atomic E-state index is 3.39. The molecule has 0 aromatic heterocycles. The van der Waals surface area contributed by atoms with Crippen LogP contribution in [0.15, 0.2) is 0 Å². The van der Waals surface area contributed by atoms with Crippen molar-refractivity contribution in [1.29, 1.82) is 0 Å². The zero-order chi connectivity index (χ0) is 10.1. The smallest absolute Gasteiger partial charge is 0.00490 e. The molecule has 0 aromatic carbocycles. The van der Waals surface area contributed by atoms with Crippen LogP contribution < -0.4 is 5.32 Å². The van der Waals surface area contributed by atoms with E-state index in [4.69, 9.17) is 0 Å². The first kappa shape index (κ1) is 12.0. The van der Waals surface area contributed by atoms with E-state index in [1.54, 1.807) is 0 Å². The van der Waals surface area contributed by atoms with Crippen molar-refractivity contribution in [2.45, 2.75) is 64.7 Å². The monoisotopic (exact) mass is 197 g/mol. The van der Waals surface area contributed by atoms with E-state index in [2.05, 4.69) is 12.2 Å². The van der Waals surface area contributed by atoms with E-state index >= 15 is 0 Å². The van der Waals surface area contributed by atoms with Crippen LogP contribution in [-0.4, -0.2) is 13.1 Å². The fourth-order valence-corrected chi connectivity index (χ4v) is 2.51. The third-order valence-electron chi connectivity index (χ3n) is 3.44. The van der Waals surface area contributed by atoms with Crippen molar-refractivity contribution >= 4 is 0 Å². The maximum atomic E-state index is 3.39. The molecule has 1 fully saturated rings. The summed E-state index contributed by atoms with van der Waals surface area (Å²) >= 11 is 0. The fraction of sp³-hybridized carbons (Fsp3) is 1.00. The summed E-state index contributed by atoms with van der Waals surface area (Å²) in [5, 5.41) is 3.39. The maximum Gasteiger partial charge on any atom is -0.00490 e. The Hall–Kier alpha value is -0.0400. The lowest BCUT2D eigenvalue weighted by molar-refractivity contribution is 0.328. The van der Waals surface area contributed by atoms with E-state index in [-0.39, 0.29) is 0 Å². The van der Waals surface area contributed by atoms with Crippen LogP contribution in [0.5, 0.6) is 0 Å². The molecule has 1 aliphatic rings. The summed E-state index contributed by atoms with van der Waals surface area (Å²) in [6.07, 6.45) is 13.3. The number of unbranched alkanes of at least 4 members (excludes halogenated alkanes) is 2. The quantitative estimate of drug-likeness (QED) is 0.613. The van der Waals surface area contributed by atoms with Gasteiger partial charge in [-0.25, -0.2) is 0 Å². The highest BCUT2D eigenvalue weighted by atomic mass is 14.8. The van der Waals surface area contributed by atoms with Crippen LogP contribution in [0.4, 0.5) is 0 Å². The molecule has 1 rings (SSSR count). The third-order valence-corrected chi connectivity index (χ3v) is 3.44. The Kier molecular flexibility index (Phi) is 7.12. The van der Waals surface area contributed by atoms with E-state index in [0.29, 0.717) is 0 Å². The minimum Gasteiger partial charge on any atom is -0.317 e. The molecular formula is C13H27N. The number of hydrogen-bond donors (Lipinski definition) is 1. The first-order valence-electron chi connectivity index (χ1n) is 6.64. The molecular weight excluding hydrogens is 170 g/mol. The van der Waals surface area contributed by atoms with Gasteiger partial charge in [0, 0.05) is 0 Å². The number of hydrogen-bond acceptors (Lipinski definition) is 1. The minimum absolute atomic E-state index is 1.09. The Bertz CT molecular complexity index is 116. The van der Waals surface area contributed by atoms with Crippen LogP contribution in [0.1, 0.15) is 64.7 Å². The number of rotatable bonds is 7. The van der Waals surface area contributed by atoms with Crippen molar-refractivity contribution in [3.8, 4) is 0 Å². The second-order valence-electron chi connectivity index (χ2n) is 4.71. The van der Waals surface area contributed by atoms with E-state index in [1.165, 1.54) is 64.3 Å². The van der Waals surface area contributed by atoms with Gasteiger partial charge in [0.2, 0.25) is 0 Å². The zero-order valence-corrected chi connectivity index (χ0v) is 9.86. The zero-order valence-electron chi connectivity index (χ0n) is 9.86. The Morgan fingerprint density at radius 2 is 1.79 bits per heavy atom. The van der Waals surface area contributed by atoms with Gasteiger partial charge in [-0.1, -0.05) is 58.3 Å². The summed E-state index contributed by atoms with van der Waals surface area (Å²) in [5.41, 5.74) is 0. The van der Waals surface area contributed by atoms with Crippen LogP contribution >= 0.6 is 0 Å². The molecule has 1 saturated carbocycles. The van der Waals surface area contributed by atoms with Crippen molar-refractivity contribution < 1.29 is 0 Å².